The molecule has 0 bridgehead atoms. The molecule has 0 aromatic heterocycles. The lowest BCUT2D eigenvalue weighted by molar-refractivity contribution is -0.145. The zero-order valence-electron chi connectivity index (χ0n) is 9.13. The molecule has 0 aromatic carbocycles. The summed E-state index contributed by atoms with van der Waals surface area (Å²) in [6.07, 6.45) is 1.72. The van der Waals surface area contributed by atoms with Crippen LogP contribution < -0.4 is 5.32 Å². The molecule has 0 aliphatic carbocycles. The molecule has 0 amide bonds. The molecule has 1 N–H and O–H groups in total. The van der Waals surface area contributed by atoms with E-state index in [0.717, 1.165) is 12.8 Å². The van der Waals surface area contributed by atoms with Crippen molar-refractivity contribution >= 4 is 5.97 Å². The molecule has 1 atom stereocenters. The van der Waals surface area contributed by atoms with Crippen LogP contribution in [0.3, 0.4) is 0 Å². The van der Waals surface area contributed by atoms with E-state index < -0.39 is 0 Å². The molecule has 0 radical (unpaired) electrons. The Balaban J connectivity index is 2.51. The lowest BCUT2D eigenvalue weighted by atomic mass is 10.1. The van der Waals surface area contributed by atoms with Gasteiger partial charge < -0.3 is 9.47 Å². The van der Waals surface area contributed by atoms with E-state index in [-0.39, 0.29) is 17.7 Å². The van der Waals surface area contributed by atoms with Crippen LogP contribution in [0.4, 0.5) is 0 Å². The molecule has 1 rings (SSSR count). The van der Waals surface area contributed by atoms with Gasteiger partial charge in [-0.1, -0.05) is 13.8 Å². The van der Waals surface area contributed by atoms with Crippen LogP contribution >= 0.6 is 0 Å². The van der Waals surface area contributed by atoms with E-state index in [2.05, 4.69) is 5.32 Å². The lowest BCUT2D eigenvalue weighted by Crippen LogP contribution is -2.46. The summed E-state index contributed by atoms with van der Waals surface area (Å²) in [7, 11) is 0. The van der Waals surface area contributed by atoms with Gasteiger partial charge in [0.2, 0.25) is 0 Å². The fourth-order valence-corrected chi connectivity index (χ4v) is 1.67. The van der Waals surface area contributed by atoms with E-state index in [0.29, 0.717) is 13.2 Å². The van der Waals surface area contributed by atoms with Gasteiger partial charge in [-0.3, -0.25) is 10.1 Å². The maximum absolute atomic E-state index is 11.4. The zero-order valence-corrected chi connectivity index (χ0v) is 9.13. The molecule has 1 aliphatic heterocycles. The van der Waals surface area contributed by atoms with Crippen LogP contribution in [0, 0.1) is 0 Å². The molecule has 0 spiro atoms. The molecule has 0 unspecified atom stereocenters. The first-order valence-electron chi connectivity index (χ1n) is 5.25. The molecule has 14 heavy (non-hydrogen) atoms. The number of hydrogen-bond donors (Lipinski definition) is 1. The Morgan fingerprint density at radius 2 is 2.14 bits per heavy atom. The predicted octanol–water partition coefficient (Wildman–Crippen LogP) is 1.05. The Kier molecular flexibility index (Phi) is 3.89. The summed E-state index contributed by atoms with van der Waals surface area (Å²) in [4.78, 5) is 11.4. The third-order valence-corrected chi connectivity index (χ3v) is 2.68. The summed E-state index contributed by atoms with van der Waals surface area (Å²) in [5.41, 5.74) is -0.322. The highest BCUT2D eigenvalue weighted by Crippen LogP contribution is 2.23. The summed E-state index contributed by atoms with van der Waals surface area (Å²) in [6.45, 7) is 6.73. The van der Waals surface area contributed by atoms with Crippen molar-refractivity contribution in [2.24, 2.45) is 0 Å². The smallest absolute Gasteiger partial charge is 0.325 e. The highest BCUT2D eigenvalue weighted by Gasteiger charge is 2.40. The van der Waals surface area contributed by atoms with E-state index in [1.165, 1.54) is 0 Å². The Bertz CT molecular complexity index is 202. The third-order valence-electron chi connectivity index (χ3n) is 2.68. The summed E-state index contributed by atoms with van der Waals surface area (Å²) in [5, 5.41) is 3.19. The molecule has 1 saturated heterocycles. The minimum atomic E-state index is -0.322. The van der Waals surface area contributed by atoms with E-state index in [4.69, 9.17) is 9.47 Å². The molecule has 1 heterocycles. The highest BCUT2D eigenvalue weighted by atomic mass is 16.6. The normalized spacial score (nSPS) is 24.9. The van der Waals surface area contributed by atoms with Crippen molar-refractivity contribution in [3.8, 4) is 0 Å². The van der Waals surface area contributed by atoms with Gasteiger partial charge >= 0.3 is 5.97 Å². The summed E-state index contributed by atoms with van der Waals surface area (Å²) in [5.74, 6) is -0.212. The first-order valence-corrected chi connectivity index (χ1v) is 5.25. The van der Waals surface area contributed by atoms with Gasteiger partial charge in [0.25, 0.3) is 0 Å². The second kappa shape index (κ2) is 4.75. The topological polar surface area (TPSA) is 47.6 Å². The highest BCUT2D eigenvalue weighted by molar-refractivity contribution is 5.76. The molecule has 0 aromatic rings. The number of carbonyl (C=O) groups excluding carboxylic acids is 1. The molecule has 1 aliphatic rings. The Morgan fingerprint density at radius 3 is 2.57 bits per heavy atom. The van der Waals surface area contributed by atoms with Crippen LogP contribution in [-0.2, 0) is 14.3 Å². The molecule has 4 nitrogen and oxygen atoms in total. The Morgan fingerprint density at radius 1 is 1.50 bits per heavy atom. The van der Waals surface area contributed by atoms with Gasteiger partial charge in [0.15, 0.2) is 0 Å². The van der Waals surface area contributed by atoms with Gasteiger partial charge in [0, 0.05) is 0 Å². The van der Waals surface area contributed by atoms with Crippen molar-refractivity contribution in [2.75, 3.05) is 13.2 Å². The van der Waals surface area contributed by atoms with Crippen molar-refractivity contribution in [2.45, 2.75) is 45.4 Å². The van der Waals surface area contributed by atoms with E-state index in [9.17, 15) is 4.79 Å². The van der Waals surface area contributed by atoms with E-state index in [1.807, 2.05) is 13.8 Å². The average Bonchev–Trinajstić information content (AvgIpc) is 2.63. The molecule has 0 saturated carbocycles. The second-order valence-electron chi connectivity index (χ2n) is 3.46. The van der Waals surface area contributed by atoms with E-state index in [1.54, 1.807) is 6.92 Å². The van der Waals surface area contributed by atoms with Crippen LogP contribution in [0.2, 0.25) is 0 Å². The van der Waals surface area contributed by atoms with Gasteiger partial charge in [0.1, 0.15) is 11.8 Å². The summed E-state index contributed by atoms with van der Waals surface area (Å²) >= 11 is 0. The van der Waals surface area contributed by atoms with Crippen LogP contribution in [-0.4, -0.2) is 30.9 Å². The first-order chi connectivity index (χ1) is 6.67. The fraction of sp³-hybridized carbons (Fsp3) is 0.900. The van der Waals surface area contributed by atoms with Crippen molar-refractivity contribution < 1.29 is 14.3 Å². The number of carbonyl (C=O) groups is 1. The monoisotopic (exact) mass is 201 g/mol. The fourth-order valence-electron chi connectivity index (χ4n) is 1.67. The molecular formula is C10H19NO3. The SMILES string of the molecule is CCOC(=O)[C@@H]1COC(CC)(CC)N1. The lowest BCUT2D eigenvalue weighted by Gasteiger charge is -2.25. The molecular weight excluding hydrogens is 182 g/mol. The van der Waals surface area contributed by atoms with Gasteiger partial charge in [-0.05, 0) is 19.8 Å². The van der Waals surface area contributed by atoms with Gasteiger partial charge in [-0.2, -0.15) is 0 Å². The van der Waals surface area contributed by atoms with Gasteiger partial charge in [-0.25, -0.2) is 0 Å². The maximum Gasteiger partial charge on any atom is 0.325 e. The summed E-state index contributed by atoms with van der Waals surface area (Å²) in [6, 6.07) is -0.296. The largest absolute Gasteiger partial charge is 0.465 e. The van der Waals surface area contributed by atoms with Crippen LogP contribution in [0.1, 0.15) is 33.6 Å². The van der Waals surface area contributed by atoms with Crippen LogP contribution in [0.15, 0.2) is 0 Å². The second-order valence-corrected chi connectivity index (χ2v) is 3.46. The minimum Gasteiger partial charge on any atom is -0.465 e. The number of esters is 1. The van der Waals surface area contributed by atoms with E-state index >= 15 is 0 Å². The number of nitrogens with one attached hydrogen (secondary N) is 1. The first kappa shape index (κ1) is 11.5. The molecule has 1 fully saturated rings. The predicted molar refractivity (Wildman–Crippen MR) is 52.8 cm³/mol. The maximum atomic E-state index is 11.4. The van der Waals surface area contributed by atoms with Crippen molar-refractivity contribution in [1.29, 1.82) is 0 Å². The molecule has 4 heteroatoms. The van der Waals surface area contributed by atoms with Crippen molar-refractivity contribution in [1.82, 2.24) is 5.32 Å². The van der Waals surface area contributed by atoms with Gasteiger partial charge in [0.05, 0.1) is 13.2 Å². The summed E-state index contributed by atoms with van der Waals surface area (Å²) < 4.78 is 10.5. The molecule has 82 valence electrons. The number of ether oxygens (including phenoxy) is 2. The number of rotatable bonds is 4. The minimum absolute atomic E-state index is 0.212. The standard InChI is InChI=1S/C10H19NO3/c1-4-10(5-2)11-8(7-14-10)9(12)13-6-3/h8,11H,4-7H2,1-3H3/t8-/m0/s1. The zero-order chi connectivity index (χ0) is 10.6. The Hall–Kier alpha value is -0.610. The number of hydrogen-bond acceptors (Lipinski definition) is 4. The van der Waals surface area contributed by atoms with Crippen LogP contribution in [0.5, 0.6) is 0 Å². The van der Waals surface area contributed by atoms with Crippen molar-refractivity contribution in [3.05, 3.63) is 0 Å². The van der Waals surface area contributed by atoms with Crippen molar-refractivity contribution in [3.63, 3.8) is 0 Å². The van der Waals surface area contributed by atoms with Crippen LogP contribution in [0.25, 0.3) is 0 Å². The third kappa shape index (κ3) is 2.25. The Labute approximate surface area is 85.0 Å². The quantitative estimate of drug-likeness (QED) is 0.691. The van der Waals surface area contributed by atoms with Gasteiger partial charge in [-0.15, -0.1) is 0 Å². The average molecular weight is 201 g/mol.